The largest absolute Gasteiger partial charge is 0.354 e. The van der Waals surface area contributed by atoms with E-state index >= 15 is 0 Å². The highest BCUT2D eigenvalue weighted by atomic mass is 16.1. The molecule has 0 aliphatic carbocycles. The van der Waals surface area contributed by atoms with E-state index in [0.717, 1.165) is 45.0 Å². The van der Waals surface area contributed by atoms with Crippen molar-refractivity contribution >= 4 is 11.7 Å². The van der Waals surface area contributed by atoms with E-state index in [2.05, 4.69) is 56.3 Å². The van der Waals surface area contributed by atoms with Crippen LogP contribution in [0.3, 0.4) is 0 Å². The SMILES string of the molecule is CCC(C)NC(=O)c1cc(N2CCN(Cc3ccccc3)CC2)nc(C)n1. The summed E-state index contributed by atoms with van der Waals surface area (Å²) in [5.74, 6) is 1.35. The summed E-state index contributed by atoms with van der Waals surface area (Å²) < 4.78 is 0. The molecule has 1 fully saturated rings. The fourth-order valence-electron chi connectivity index (χ4n) is 3.21. The third-order valence-corrected chi connectivity index (χ3v) is 4.99. The lowest BCUT2D eigenvalue weighted by atomic mass is 10.2. The Labute approximate surface area is 161 Å². The van der Waals surface area contributed by atoms with Crippen LogP contribution in [0.4, 0.5) is 5.82 Å². The van der Waals surface area contributed by atoms with E-state index < -0.39 is 0 Å². The first-order chi connectivity index (χ1) is 13.0. The van der Waals surface area contributed by atoms with Crippen LogP contribution in [-0.4, -0.2) is 53.0 Å². The van der Waals surface area contributed by atoms with Gasteiger partial charge < -0.3 is 10.2 Å². The molecule has 1 unspecified atom stereocenters. The molecule has 0 bridgehead atoms. The Morgan fingerprint density at radius 1 is 1.15 bits per heavy atom. The third kappa shape index (κ3) is 5.26. The van der Waals surface area contributed by atoms with Crippen molar-refractivity contribution in [3.63, 3.8) is 0 Å². The van der Waals surface area contributed by atoms with Gasteiger partial charge in [0, 0.05) is 44.8 Å². The highest BCUT2D eigenvalue weighted by Gasteiger charge is 2.20. The second kappa shape index (κ2) is 8.95. The highest BCUT2D eigenvalue weighted by molar-refractivity contribution is 5.93. The Bertz CT molecular complexity index is 756. The maximum atomic E-state index is 12.4. The first-order valence-electron chi connectivity index (χ1n) is 9.73. The number of nitrogens with one attached hydrogen (secondary N) is 1. The topological polar surface area (TPSA) is 61.4 Å². The van der Waals surface area contributed by atoms with Crippen LogP contribution < -0.4 is 10.2 Å². The molecule has 2 heterocycles. The van der Waals surface area contributed by atoms with Crippen molar-refractivity contribution in [2.45, 2.75) is 39.8 Å². The van der Waals surface area contributed by atoms with Crippen molar-refractivity contribution in [1.82, 2.24) is 20.2 Å². The molecule has 2 aromatic rings. The van der Waals surface area contributed by atoms with Gasteiger partial charge in [-0.2, -0.15) is 0 Å². The predicted molar refractivity (Wildman–Crippen MR) is 108 cm³/mol. The molecule has 6 heteroatoms. The fourth-order valence-corrected chi connectivity index (χ4v) is 3.21. The zero-order valence-corrected chi connectivity index (χ0v) is 16.5. The van der Waals surface area contributed by atoms with Crippen LogP contribution in [0.5, 0.6) is 0 Å². The van der Waals surface area contributed by atoms with Gasteiger partial charge in [-0.3, -0.25) is 9.69 Å². The number of nitrogens with zero attached hydrogens (tertiary/aromatic N) is 4. The molecule has 1 aliphatic heterocycles. The number of anilines is 1. The van der Waals surface area contributed by atoms with Crippen molar-refractivity contribution in [3.05, 3.63) is 53.5 Å². The number of aromatic nitrogens is 2. The first kappa shape index (κ1) is 19.3. The maximum Gasteiger partial charge on any atom is 0.270 e. The summed E-state index contributed by atoms with van der Waals surface area (Å²) in [5, 5.41) is 2.98. The zero-order chi connectivity index (χ0) is 19.2. The van der Waals surface area contributed by atoms with Crippen molar-refractivity contribution in [2.75, 3.05) is 31.1 Å². The second-order valence-corrected chi connectivity index (χ2v) is 7.19. The Balaban J connectivity index is 1.63. The number of benzene rings is 1. The van der Waals surface area contributed by atoms with Gasteiger partial charge >= 0.3 is 0 Å². The second-order valence-electron chi connectivity index (χ2n) is 7.19. The molecule has 0 saturated carbocycles. The van der Waals surface area contributed by atoms with E-state index in [1.165, 1.54) is 5.56 Å². The van der Waals surface area contributed by atoms with Crippen molar-refractivity contribution in [2.24, 2.45) is 0 Å². The summed E-state index contributed by atoms with van der Waals surface area (Å²) in [6.45, 7) is 10.6. The molecular weight excluding hydrogens is 338 g/mol. The van der Waals surface area contributed by atoms with Crippen LogP contribution in [0.1, 0.15) is 42.1 Å². The smallest absolute Gasteiger partial charge is 0.270 e. The number of rotatable bonds is 6. The summed E-state index contributed by atoms with van der Waals surface area (Å²) in [6, 6.07) is 12.5. The molecule has 6 nitrogen and oxygen atoms in total. The molecule has 1 aliphatic rings. The molecule has 1 aromatic carbocycles. The highest BCUT2D eigenvalue weighted by Crippen LogP contribution is 2.17. The molecule has 1 atom stereocenters. The van der Waals surface area contributed by atoms with Crippen LogP contribution in [-0.2, 0) is 6.54 Å². The van der Waals surface area contributed by atoms with Crippen LogP contribution in [0.15, 0.2) is 36.4 Å². The number of aryl methyl sites for hydroxylation is 1. The van der Waals surface area contributed by atoms with E-state index in [0.29, 0.717) is 11.5 Å². The normalized spacial score (nSPS) is 16.2. The Morgan fingerprint density at radius 2 is 1.85 bits per heavy atom. The average molecular weight is 367 g/mol. The van der Waals surface area contributed by atoms with Crippen molar-refractivity contribution in [1.29, 1.82) is 0 Å². The van der Waals surface area contributed by atoms with Gasteiger partial charge in [0.05, 0.1) is 0 Å². The van der Waals surface area contributed by atoms with Crippen molar-refractivity contribution in [3.8, 4) is 0 Å². The van der Waals surface area contributed by atoms with E-state index in [-0.39, 0.29) is 11.9 Å². The predicted octanol–water partition coefficient (Wildman–Crippen LogP) is 2.64. The number of piperazine rings is 1. The van der Waals surface area contributed by atoms with Gasteiger partial charge in [-0.15, -0.1) is 0 Å². The Hall–Kier alpha value is -2.47. The van der Waals surface area contributed by atoms with Gasteiger partial charge in [0.25, 0.3) is 5.91 Å². The average Bonchev–Trinajstić information content (AvgIpc) is 2.68. The number of hydrogen-bond acceptors (Lipinski definition) is 5. The molecule has 1 amide bonds. The standard InChI is InChI=1S/C21H29N5O/c1-4-16(2)22-21(27)19-14-20(24-17(3)23-19)26-12-10-25(11-13-26)15-18-8-6-5-7-9-18/h5-9,14,16H,4,10-13,15H2,1-3H3,(H,22,27). The Kier molecular flexibility index (Phi) is 6.40. The van der Waals surface area contributed by atoms with Gasteiger partial charge in [0.15, 0.2) is 0 Å². The quantitative estimate of drug-likeness (QED) is 0.850. The molecule has 144 valence electrons. The lowest BCUT2D eigenvalue weighted by Crippen LogP contribution is -2.46. The molecule has 0 radical (unpaired) electrons. The number of carbonyl (C=O) groups is 1. The van der Waals surface area contributed by atoms with Crippen LogP contribution in [0, 0.1) is 6.92 Å². The maximum absolute atomic E-state index is 12.4. The molecule has 27 heavy (non-hydrogen) atoms. The fraction of sp³-hybridized carbons (Fsp3) is 0.476. The number of carbonyl (C=O) groups excluding carboxylic acids is 1. The molecule has 1 N–H and O–H groups in total. The number of hydrogen-bond donors (Lipinski definition) is 1. The Morgan fingerprint density at radius 3 is 2.52 bits per heavy atom. The van der Waals surface area contributed by atoms with Gasteiger partial charge in [0.2, 0.25) is 0 Å². The summed E-state index contributed by atoms with van der Waals surface area (Å²) in [7, 11) is 0. The van der Waals surface area contributed by atoms with E-state index in [1.807, 2.05) is 26.0 Å². The molecule has 3 rings (SSSR count). The van der Waals surface area contributed by atoms with Crippen LogP contribution in [0.2, 0.25) is 0 Å². The van der Waals surface area contributed by atoms with Crippen LogP contribution in [0.25, 0.3) is 0 Å². The zero-order valence-electron chi connectivity index (χ0n) is 16.5. The van der Waals surface area contributed by atoms with Gasteiger partial charge in [-0.1, -0.05) is 37.3 Å². The molecule has 0 spiro atoms. The van der Waals surface area contributed by atoms with Gasteiger partial charge in [0.1, 0.15) is 17.3 Å². The lowest BCUT2D eigenvalue weighted by molar-refractivity contribution is 0.0934. The minimum absolute atomic E-state index is 0.126. The summed E-state index contributed by atoms with van der Waals surface area (Å²) in [4.78, 5) is 26.0. The minimum Gasteiger partial charge on any atom is -0.354 e. The monoisotopic (exact) mass is 367 g/mol. The molecule has 1 saturated heterocycles. The summed E-state index contributed by atoms with van der Waals surface area (Å²) >= 11 is 0. The lowest BCUT2D eigenvalue weighted by Gasteiger charge is -2.35. The van der Waals surface area contributed by atoms with Crippen molar-refractivity contribution < 1.29 is 4.79 Å². The van der Waals surface area contributed by atoms with Gasteiger partial charge in [-0.05, 0) is 25.8 Å². The molecule has 1 aromatic heterocycles. The third-order valence-electron chi connectivity index (χ3n) is 4.99. The summed E-state index contributed by atoms with van der Waals surface area (Å²) in [5.41, 5.74) is 1.79. The van der Waals surface area contributed by atoms with Gasteiger partial charge in [-0.25, -0.2) is 9.97 Å². The minimum atomic E-state index is -0.126. The van der Waals surface area contributed by atoms with E-state index in [1.54, 1.807) is 0 Å². The first-order valence-corrected chi connectivity index (χ1v) is 9.73. The van der Waals surface area contributed by atoms with Crippen LogP contribution >= 0.6 is 0 Å². The number of amides is 1. The van der Waals surface area contributed by atoms with E-state index in [4.69, 9.17) is 0 Å². The summed E-state index contributed by atoms with van der Waals surface area (Å²) in [6.07, 6.45) is 0.895. The van der Waals surface area contributed by atoms with E-state index in [9.17, 15) is 4.79 Å². The molecular formula is C21H29N5O.